The van der Waals surface area contributed by atoms with Crippen LogP contribution >= 0.6 is 11.6 Å². The average Bonchev–Trinajstić information content (AvgIpc) is 2.50. The van der Waals surface area contributed by atoms with Crippen LogP contribution in [0.4, 0.5) is 10.1 Å². The van der Waals surface area contributed by atoms with Crippen LogP contribution in [0.2, 0.25) is 5.02 Å². The molecule has 0 fully saturated rings. The minimum atomic E-state index is -4.10. The van der Waals surface area contributed by atoms with E-state index in [1.54, 1.807) is 6.92 Å². The second-order valence-corrected chi connectivity index (χ2v) is 6.50. The Balaban J connectivity index is 2.42. The van der Waals surface area contributed by atoms with E-state index in [0.29, 0.717) is 0 Å². The summed E-state index contributed by atoms with van der Waals surface area (Å²) in [5.74, 6) is -1.34. The molecule has 0 saturated heterocycles. The third kappa shape index (κ3) is 4.00. The summed E-state index contributed by atoms with van der Waals surface area (Å²) in [7, 11) is -4.10. The Morgan fingerprint density at radius 1 is 1.26 bits per heavy atom. The first-order chi connectivity index (χ1) is 10.8. The molecule has 0 aliphatic carbocycles. The van der Waals surface area contributed by atoms with Gasteiger partial charge in [-0.3, -0.25) is 4.72 Å². The highest BCUT2D eigenvalue weighted by molar-refractivity contribution is 7.92. The number of esters is 1. The van der Waals surface area contributed by atoms with Crippen LogP contribution in [0.1, 0.15) is 17.3 Å². The zero-order chi connectivity index (χ0) is 17.0. The maximum atomic E-state index is 13.0. The van der Waals surface area contributed by atoms with E-state index >= 15 is 0 Å². The number of ether oxygens (including phenoxy) is 1. The van der Waals surface area contributed by atoms with E-state index in [2.05, 4.69) is 4.72 Å². The highest BCUT2D eigenvalue weighted by Gasteiger charge is 2.23. The zero-order valence-electron chi connectivity index (χ0n) is 12.0. The van der Waals surface area contributed by atoms with Gasteiger partial charge in [-0.15, -0.1) is 0 Å². The number of carbonyl (C=O) groups is 1. The smallest absolute Gasteiger partial charge is 0.339 e. The van der Waals surface area contributed by atoms with E-state index in [-0.39, 0.29) is 27.8 Å². The maximum absolute atomic E-state index is 13.0. The van der Waals surface area contributed by atoms with E-state index in [1.165, 1.54) is 30.3 Å². The van der Waals surface area contributed by atoms with Crippen molar-refractivity contribution in [2.75, 3.05) is 11.3 Å². The number of nitrogens with one attached hydrogen (secondary N) is 1. The number of carbonyl (C=O) groups excluding carboxylic acids is 1. The second kappa shape index (κ2) is 6.97. The van der Waals surface area contributed by atoms with Crippen molar-refractivity contribution >= 4 is 33.3 Å². The molecule has 8 heteroatoms. The summed E-state index contributed by atoms with van der Waals surface area (Å²) in [6.45, 7) is 1.73. The number of anilines is 1. The third-order valence-electron chi connectivity index (χ3n) is 2.85. The van der Waals surface area contributed by atoms with Crippen molar-refractivity contribution < 1.29 is 22.3 Å². The second-order valence-electron chi connectivity index (χ2n) is 4.45. The first-order valence-electron chi connectivity index (χ1n) is 6.59. The lowest BCUT2D eigenvalue weighted by atomic mass is 10.2. The normalized spacial score (nSPS) is 11.1. The van der Waals surface area contributed by atoms with Gasteiger partial charge in [0.2, 0.25) is 0 Å². The van der Waals surface area contributed by atoms with Gasteiger partial charge in [-0.1, -0.05) is 23.7 Å². The van der Waals surface area contributed by atoms with E-state index in [9.17, 15) is 17.6 Å². The summed E-state index contributed by atoms with van der Waals surface area (Å²) in [4.78, 5) is 11.6. The van der Waals surface area contributed by atoms with Gasteiger partial charge < -0.3 is 4.74 Å². The van der Waals surface area contributed by atoms with Crippen LogP contribution in [0.3, 0.4) is 0 Å². The molecule has 0 bridgehead atoms. The van der Waals surface area contributed by atoms with Gasteiger partial charge in [0.05, 0.1) is 22.9 Å². The lowest BCUT2D eigenvalue weighted by molar-refractivity contribution is 0.0522. The molecular formula is C15H13ClFNO4S. The molecule has 0 unspecified atom stereocenters. The van der Waals surface area contributed by atoms with Crippen molar-refractivity contribution in [3.63, 3.8) is 0 Å². The molecule has 5 nitrogen and oxygen atoms in total. The fraction of sp³-hybridized carbons (Fsp3) is 0.133. The van der Waals surface area contributed by atoms with Gasteiger partial charge in [0.1, 0.15) is 10.7 Å². The predicted octanol–water partition coefficient (Wildman–Crippen LogP) is 3.46. The van der Waals surface area contributed by atoms with Crippen molar-refractivity contribution in [1.82, 2.24) is 0 Å². The molecule has 1 N–H and O–H groups in total. The quantitative estimate of drug-likeness (QED) is 0.832. The monoisotopic (exact) mass is 357 g/mol. The Kier molecular flexibility index (Phi) is 5.23. The van der Waals surface area contributed by atoms with E-state index in [1.807, 2.05) is 0 Å². The van der Waals surface area contributed by atoms with Gasteiger partial charge >= 0.3 is 5.97 Å². The molecular weight excluding hydrogens is 345 g/mol. The van der Waals surface area contributed by atoms with Crippen molar-refractivity contribution in [3.05, 3.63) is 58.9 Å². The highest BCUT2D eigenvalue weighted by atomic mass is 35.5. The van der Waals surface area contributed by atoms with Crippen molar-refractivity contribution in [2.45, 2.75) is 11.8 Å². The summed E-state index contributed by atoms with van der Waals surface area (Å²) >= 11 is 5.82. The Morgan fingerprint density at radius 2 is 1.96 bits per heavy atom. The van der Waals surface area contributed by atoms with Crippen LogP contribution in [0.15, 0.2) is 47.4 Å². The van der Waals surface area contributed by atoms with Gasteiger partial charge in [-0.2, -0.15) is 0 Å². The van der Waals surface area contributed by atoms with Crippen LogP contribution in [-0.2, 0) is 14.8 Å². The lowest BCUT2D eigenvalue weighted by Gasteiger charge is -2.12. The molecule has 0 atom stereocenters. The SMILES string of the molecule is CCOC(=O)c1ccccc1S(=O)(=O)Nc1ccc(F)cc1Cl. The Labute approximate surface area is 138 Å². The first-order valence-corrected chi connectivity index (χ1v) is 8.45. The molecule has 122 valence electrons. The van der Waals surface area contributed by atoms with Gasteiger partial charge in [0.15, 0.2) is 0 Å². The Morgan fingerprint density at radius 3 is 2.61 bits per heavy atom. The molecule has 0 spiro atoms. The largest absolute Gasteiger partial charge is 0.462 e. The summed E-state index contributed by atoms with van der Waals surface area (Å²) < 4.78 is 45.1. The molecule has 23 heavy (non-hydrogen) atoms. The predicted molar refractivity (Wildman–Crippen MR) is 84.6 cm³/mol. The molecule has 0 radical (unpaired) electrons. The minimum Gasteiger partial charge on any atom is -0.462 e. The van der Waals surface area contributed by atoms with Crippen LogP contribution in [0, 0.1) is 5.82 Å². The highest BCUT2D eigenvalue weighted by Crippen LogP contribution is 2.26. The number of rotatable bonds is 5. The van der Waals surface area contributed by atoms with E-state index in [4.69, 9.17) is 16.3 Å². The molecule has 0 aromatic heterocycles. The van der Waals surface area contributed by atoms with E-state index < -0.39 is 21.8 Å². The van der Waals surface area contributed by atoms with Crippen molar-refractivity contribution in [2.24, 2.45) is 0 Å². The van der Waals surface area contributed by atoms with Crippen LogP contribution in [0.25, 0.3) is 0 Å². The fourth-order valence-corrected chi connectivity index (χ4v) is 3.40. The van der Waals surface area contributed by atoms with Crippen molar-refractivity contribution in [3.8, 4) is 0 Å². The molecule has 2 aromatic carbocycles. The summed E-state index contributed by atoms with van der Waals surface area (Å²) in [6.07, 6.45) is 0. The zero-order valence-corrected chi connectivity index (χ0v) is 13.6. The van der Waals surface area contributed by atoms with Gasteiger partial charge in [0.25, 0.3) is 10.0 Å². The van der Waals surface area contributed by atoms with Crippen LogP contribution < -0.4 is 4.72 Å². The van der Waals surface area contributed by atoms with Crippen molar-refractivity contribution in [1.29, 1.82) is 0 Å². The number of halogens is 2. The first kappa shape index (κ1) is 17.2. The number of hydrogen-bond donors (Lipinski definition) is 1. The maximum Gasteiger partial charge on any atom is 0.339 e. The fourth-order valence-electron chi connectivity index (χ4n) is 1.85. The van der Waals surface area contributed by atoms with Gasteiger partial charge in [-0.25, -0.2) is 17.6 Å². The average molecular weight is 358 g/mol. The molecule has 0 heterocycles. The minimum absolute atomic E-state index is 0.00623. The topological polar surface area (TPSA) is 72.5 Å². The van der Waals surface area contributed by atoms with E-state index in [0.717, 1.165) is 12.1 Å². The Bertz CT molecular complexity index is 839. The third-order valence-corrected chi connectivity index (χ3v) is 4.58. The molecule has 2 rings (SSSR count). The molecule has 0 saturated carbocycles. The Hall–Kier alpha value is -2.12. The molecule has 2 aromatic rings. The van der Waals surface area contributed by atoms with Gasteiger partial charge in [-0.05, 0) is 37.3 Å². The number of benzene rings is 2. The lowest BCUT2D eigenvalue weighted by Crippen LogP contribution is -2.18. The number of hydrogen-bond acceptors (Lipinski definition) is 4. The summed E-state index contributed by atoms with van der Waals surface area (Å²) in [6, 6.07) is 8.87. The summed E-state index contributed by atoms with van der Waals surface area (Å²) in [5.41, 5.74) is -0.0909. The molecule has 0 amide bonds. The standard InChI is InChI=1S/C15H13ClFNO4S/c1-2-22-15(19)11-5-3-4-6-14(11)23(20,21)18-13-8-7-10(17)9-12(13)16/h3-9,18H,2H2,1H3. The molecule has 0 aliphatic heterocycles. The molecule has 0 aliphatic rings. The van der Waals surface area contributed by atoms with Crippen LogP contribution in [-0.4, -0.2) is 21.0 Å². The van der Waals surface area contributed by atoms with Gasteiger partial charge in [0, 0.05) is 0 Å². The summed E-state index contributed by atoms with van der Waals surface area (Å²) in [5, 5.41) is -0.0952. The van der Waals surface area contributed by atoms with Crippen LogP contribution in [0.5, 0.6) is 0 Å². The number of sulfonamides is 1.